The van der Waals surface area contributed by atoms with E-state index in [-0.39, 0.29) is 17.9 Å². The van der Waals surface area contributed by atoms with Gasteiger partial charge in [0.2, 0.25) is 11.8 Å². The monoisotopic (exact) mass is 312 g/mol. The maximum atomic E-state index is 12.3. The Bertz CT molecular complexity index is 414. The molecule has 0 bridgehead atoms. The average molecular weight is 312 g/mol. The number of likely N-dealkylation sites (tertiary alicyclic amines) is 1. The first kappa shape index (κ1) is 18.4. The Balaban J connectivity index is 2.54. The van der Waals surface area contributed by atoms with Gasteiger partial charge < -0.3 is 11.1 Å². The second kappa shape index (κ2) is 8.73. The van der Waals surface area contributed by atoms with Crippen molar-refractivity contribution in [3.8, 4) is 0 Å². The lowest BCUT2D eigenvalue weighted by atomic mass is 9.95. The molecule has 22 heavy (non-hydrogen) atoms. The van der Waals surface area contributed by atoms with Crippen molar-refractivity contribution in [1.29, 1.82) is 0 Å². The summed E-state index contributed by atoms with van der Waals surface area (Å²) in [5.74, 6) is -0.488. The number of urea groups is 1. The number of carbonyl (C=O) groups excluding carboxylic acids is 3. The molecule has 0 aliphatic carbocycles. The Morgan fingerprint density at radius 1 is 1.32 bits per heavy atom. The molecular formula is C15H28N4O3. The molecule has 1 aliphatic heterocycles. The number of nitrogens with zero attached hydrogens (tertiary/aromatic N) is 1. The molecule has 4 N–H and O–H groups in total. The van der Waals surface area contributed by atoms with Gasteiger partial charge in [0.15, 0.2) is 0 Å². The Hall–Kier alpha value is -1.63. The van der Waals surface area contributed by atoms with E-state index in [1.54, 1.807) is 6.92 Å². The molecule has 7 nitrogen and oxygen atoms in total. The predicted octanol–water partition coefficient (Wildman–Crippen LogP) is 0.587. The van der Waals surface area contributed by atoms with E-state index in [1.165, 1.54) is 0 Å². The summed E-state index contributed by atoms with van der Waals surface area (Å²) in [6, 6.07) is -1.16. The summed E-state index contributed by atoms with van der Waals surface area (Å²) in [5, 5.41) is 5.12. The van der Waals surface area contributed by atoms with Crippen LogP contribution < -0.4 is 16.4 Å². The highest BCUT2D eigenvalue weighted by atomic mass is 16.2. The Labute approximate surface area is 132 Å². The zero-order valence-electron chi connectivity index (χ0n) is 13.7. The van der Waals surface area contributed by atoms with E-state index in [1.807, 2.05) is 11.8 Å². The Kier molecular flexibility index (Phi) is 7.31. The van der Waals surface area contributed by atoms with Crippen molar-refractivity contribution < 1.29 is 14.4 Å². The molecule has 1 fully saturated rings. The Morgan fingerprint density at radius 2 is 2.00 bits per heavy atom. The first-order chi connectivity index (χ1) is 10.3. The van der Waals surface area contributed by atoms with Gasteiger partial charge >= 0.3 is 6.03 Å². The van der Waals surface area contributed by atoms with Crippen molar-refractivity contribution in [2.45, 2.75) is 58.5 Å². The topological polar surface area (TPSA) is 105 Å². The van der Waals surface area contributed by atoms with Crippen LogP contribution >= 0.6 is 0 Å². The van der Waals surface area contributed by atoms with Gasteiger partial charge in [-0.05, 0) is 39.7 Å². The summed E-state index contributed by atoms with van der Waals surface area (Å²) in [6.45, 7) is 7.08. The molecule has 7 heteroatoms. The minimum Gasteiger partial charge on any atom is -0.353 e. The van der Waals surface area contributed by atoms with E-state index in [9.17, 15) is 14.4 Å². The van der Waals surface area contributed by atoms with E-state index in [0.717, 1.165) is 32.2 Å². The van der Waals surface area contributed by atoms with Crippen LogP contribution in [0.4, 0.5) is 4.79 Å². The highest BCUT2D eigenvalue weighted by molar-refractivity contribution is 5.96. The van der Waals surface area contributed by atoms with Gasteiger partial charge in [0.1, 0.15) is 0 Å². The molecule has 0 unspecified atom stereocenters. The summed E-state index contributed by atoms with van der Waals surface area (Å²) < 4.78 is 0. The zero-order valence-corrected chi connectivity index (χ0v) is 13.7. The van der Waals surface area contributed by atoms with Gasteiger partial charge in [0, 0.05) is 12.6 Å². The molecule has 1 heterocycles. The smallest absolute Gasteiger partial charge is 0.318 e. The maximum absolute atomic E-state index is 12.3. The number of hydrogen-bond donors (Lipinski definition) is 3. The van der Waals surface area contributed by atoms with Crippen LogP contribution in [0.2, 0.25) is 0 Å². The van der Waals surface area contributed by atoms with Crippen molar-refractivity contribution >= 4 is 17.8 Å². The van der Waals surface area contributed by atoms with E-state index in [0.29, 0.717) is 6.54 Å². The van der Waals surface area contributed by atoms with Crippen molar-refractivity contribution in [2.24, 2.45) is 11.7 Å². The number of amides is 4. The molecule has 1 rings (SSSR count). The summed E-state index contributed by atoms with van der Waals surface area (Å²) >= 11 is 0. The molecule has 0 spiro atoms. The van der Waals surface area contributed by atoms with Crippen molar-refractivity contribution in [3.05, 3.63) is 0 Å². The van der Waals surface area contributed by atoms with Gasteiger partial charge in [-0.1, -0.05) is 13.3 Å². The molecule has 0 aromatic carbocycles. The van der Waals surface area contributed by atoms with E-state index in [2.05, 4.69) is 17.6 Å². The SMILES string of the molecule is CCC[C@H](C)NC(=O)[C@H]1CCCN([C@@H](C)C(=O)NC(N)=O)C1. The molecule has 0 aromatic rings. The van der Waals surface area contributed by atoms with Crippen LogP contribution in [0.25, 0.3) is 0 Å². The molecule has 126 valence electrons. The second-order valence-electron chi connectivity index (χ2n) is 6.06. The van der Waals surface area contributed by atoms with Crippen LogP contribution in [0.5, 0.6) is 0 Å². The first-order valence-electron chi connectivity index (χ1n) is 7.99. The lowest BCUT2D eigenvalue weighted by Gasteiger charge is -2.35. The van der Waals surface area contributed by atoms with Crippen LogP contribution in [-0.4, -0.2) is 47.9 Å². The van der Waals surface area contributed by atoms with Crippen molar-refractivity contribution in [1.82, 2.24) is 15.5 Å². The quantitative estimate of drug-likeness (QED) is 0.667. The third-order valence-corrected chi connectivity index (χ3v) is 4.11. The maximum Gasteiger partial charge on any atom is 0.318 e. The molecule has 0 saturated carbocycles. The summed E-state index contributed by atoms with van der Waals surface area (Å²) in [4.78, 5) is 36.8. The van der Waals surface area contributed by atoms with Gasteiger partial charge in [-0.15, -0.1) is 0 Å². The summed E-state index contributed by atoms with van der Waals surface area (Å²) in [7, 11) is 0. The summed E-state index contributed by atoms with van der Waals surface area (Å²) in [6.07, 6.45) is 3.67. The number of hydrogen-bond acceptors (Lipinski definition) is 4. The number of piperidine rings is 1. The minimum absolute atomic E-state index is 0.0492. The number of rotatable bonds is 6. The van der Waals surface area contributed by atoms with Crippen LogP contribution in [0.3, 0.4) is 0 Å². The predicted molar refractivity (Wildman–Crippen MR) is 84.0 cm³/mol. The van der Waals surface area contributed by atoms with Gasteiger partial charge in [-0.2, -0.15) is 0 Å². The fourth-order valence-electron chi connectivity index (χ4n) is 2.83. The van der Waals surface area contributed by atoms with Gasteiger partial charge in [0.05, 0.1) is 12.0 Å². The molecular weight excluding hydrogens is 284 g/mol. The fraction of sp³-hybridized carbons (Fsp3) is 0.800. The van der Waals surface area contributed by atoms with Crippen molar-refractivity contribution in [2.75, 3.05) is 13.1 Å². The standard InChI is InChI=1S/C15H28N4O3/c1-4-6-10(2)17-14(21)12-7-5-8-19(9-12)11(3)13(20)18-15(16)22/h10-12H,4-9H2,1-3H3,(H,17,21)(H3,16,18,20,22)/t10-,11-,12-/m0/s1. The average Bonchev–Trinajstić information content (AvgIpc) is 2.46. The molecule has 1 saturated heterocycles. The van der Waals surface area contributed by atoms with Crippen molar-refractivity contribution in [3.63, 3.8) is 0 Å². The first-order valence-corrected chi connectivity index (χ1v) is 7.99. The molecule has 0 radical (unpaired) electrons. The second-order valence-corrected chi connectivity index (χ2v) is 6.06. The van der Waals surface area contributed by atoms with Crippen LogP contribution in [0.1, 0.15) is 46.5 Å². The Morgan fingerprint density at radius 3 is 2.59 bits per heavy atom. The highest BCUT2D eigenvalue weighted by Crippen LogP contribution is 2.19. The number of imide groups is 1. The number of nitrogens with two attached hydrogens (primary N) is 1. The van der Waals surface area contributed by atoms with Gasteiger partial charge in [-0.3, -0.25) is 19.8 Å². The van der Waals surface area contributed by atoms with Crippen LogP contribution in [0.15, 0.2) is 0 Å². The van der Waals surface area contributed by atoms with Crippen LogP contribution in [0, 0.1) is 5.92 Å². The largest absolute Gasteiger partial charge is 0.353 e. The fourth-order valence-corrected chi connectivity index (χ4v) is 2.83. The summed E-state index contributed by atoms with van der Waals surface area (Å²) in [5.41, 5.74) is 4.97. The number of primary amides is 1. The van der Waals surface area contributed by atoms with Gasteiger partial charge in [0.25, 0.3) is 0 Å². The third kappa shape index (κ3) is 5.63. The number of carbonyl (C=O) groups is 3. The molecule has 1 aliphatic rings. The normalized spacial score (nSPS) is 21.7. The van der Waals surface area contributed by atoms with E-state index >= 15 is 0 Å². The third-order valence-electron chi connectivity index (χ3n) is 4.11. The van der Waals surface area contributed by atoms with Gasteiger partial charge in [-0.25, -0.2) is 4.79 Å². The van der Waals surface area contributed by atoms with E-state index in [4.69, 9.17) is 5.73 Å². The lowest BCUT2D eigenvalue weighted by molar-refractivity contribution is -0.131. The van der Waals surface area contributed by atoms with Crippen LogP contribution in [-0.2, 0) is 9.59 Å². The number of nitrogens with one attached hydrogen (secondary N) is 2. The minimum atomic E-state index is -0.850. The molecule has 3 atom stereocenters. The molecule has 0 aromatic heterocycles. The lowest BCUT2D eigenvalue weighted by Crippen LogP contribution is -2.53. The highest BCUT2D eigenvalue weighted by Gasteiger charge is 2.31. The molecule has 4 amide bonds. The van der Waals surface area contributed by atoms with E-state index < -0.39 is 18.0 Å². The zero-order chi connectivity index (χ0) is 16.7.